The van der Waals surface area contributed by atoms with Crippen molar-refractivity contribution in [3.63, 3.8) is 0 Å². The van der Waals surface area contributed by atoms with Gasteiger partial charge in [0, 0.05) is 13.0 Å². The van der Waals surface area contributed by atoms with Crippen molar-refractivity contribution < 1.29 is 9.59 Å². The first kappa shape index (κ1) is 14.8. The zero-order valence-electron chi connectivity index (χ0n) is 12.2. The van der Waals surface area contributed by atoms with Gasteiger partial charge < -0.3 is 10.6 Å². The van der Waals surface area contributed by atoms with E-state index in [4.69, 9.17) is 0 Å². The van der Waals surface area contributed by atoms with Crippen molar-refractivity contribution in [1.82, 2.24) is 10.6 Å². The van der Waals surface area contributed by atoms with E-state index in [9.17, 15) is 9.59 Å². The average Bonchev–Trinajstić information content (AvgIpc) is 3.17. The van der Waals surface area contributed by atoms with Gasteiger partial charge in [-0.05, 0) is 35.4 Å². The summed E-state index contributed by atoms with van der Waals surface area (Å²) >= 11 is 1.40. The summed E-state index contributed by atoms with van der Waals surface area (Å²) in [6, 6.07) is 11.9. The highest BCUT2D eigenvalue weighted by Crippen LogP contribution is 2.30. The fourth-order valence-electron chi connectivity index (χ4n) is 2.76. The number of carbonyl (C=O) groups is 2. The highest BCUT2D eigenvalue weighted by Gasteiger charge is 2.23. The second-order valence-electron chi connectivity index (χ2n) is 5.34. The summed E-state index contributed by atoms with van der Waals surface area (Å²) in [7, 11) is 0. The molecule has 1 unspecified atom stereocenters. The number of thiophene rings is 1. The van der Waals surface area contributed by atoms with Crippen LogP contribution < -0.4 is 10.6 Å². The highest BCUT2D eigenvalue weighted by molar-refractivity contribution is 7.12. The Kier molecular flexibility index (Phi) is 4.53. The lowest BCUT2D eigenvalue weighted by Gasteiger charge is -2.14. The molecule has 1 aromatic carbocycles. The number of aryl methyl sites for hydroxylation is 1. The SMILES string of the molecule is O=C(CCNC(=O)c1cccs1)NC1CCc2ccccc21. The lowest BCUT2D eigenvalue weighted by atomic mass is 10.1. The molecule has 2 aromatic rings. The lowest BCUT2D eigenvalue weighted by Crippen LogP contribution is -2.32. The lowest BCUT2D eigenvalue weighted by molar-refractivity contribution is -0.121. The number of nitrogens with one attached hydrogen (secondary N) is 2. The molecule has 114 valence electrons. The molecule has 0 spiro atoms. The van der Waals surface area contributed by atoms with Crippen LogP contribution in [0.15, 0.2) is 41.8 Å². The fourth-order valence-corrected chi connectivity index (χ4v) is 3.40. The summed E-state index contributed by atoms with van der Waals surface area (Å²) < 4.78 is 0. The third-order valence-electron chi connectivity index (χ3n) is 3.85. The van der Waals surface area contributed by atoms with Gasteiger partial charge in [-0.2, -0.15) is 0 Å². The maximum atomic E-state index is 12.0. The van der Waals surface area contributed by atoms with Crippen molar-refractivity contribution in [1.29, 1.82) is 0 Å². The summed E-state index contributed by atoms with van der Waals surface area (Å²) in [6.45, 7) is 0.358. The van der Waals surface area contributed by atoms with Gasteiger partial charge in [0.05, 0.1) is 10.9 Å². The largest absolute Gasteiger partial charge is 0.351 e. The molecule has 1 aliphatic carbocycles. The molecule has 1 aromatic heterocycles. The molecular weight excluding hydrogens is 296 g/mol. The molecule has 1 atom stereocenters. The van der Waals surface area contributed by atoms with Crippen molar-refractivity contribution in [3.8, 4) is 0 Å². The first-order valence-electron chi connectivity index (χ1n) is 7.43. The number of amides is 2. The number of hydrogen-bond donors (Lipinski definition) is 2. The van der Waals surface area contributed by atoms with Crippen molar-refractivity contribution in [2.24, 2.45) is 0 Å². The Morgan fingerprint density at radius 2 is 2.05 bits per heavy atom. The maximum Gasteiger partial charge on any atom is 0.261 e. The van der Waals surface area contributed by atoms with Crippen LogP contribution in [0.2, 0.25) is 0 Å². The van der Waals surface area contributed by atoms with Gasteiger partial charge in [-0.25, -0.2) is 0 Å². The van der Waals surface area contributed by atoms with E-state index >= 15 is 0 Å². The van der Waals surface area contributed by atoms with E-state index < -0.39 is 0 Å². The van der Waals surface area contributed by atoms with E-state index in [1.54, 1.807) is 6.07 Å². The summed E-state index contributed by atoms with van der Waals surface area (Å²) in [5.74, 6) is -0.137. The van der Waals surface area contributed by atoms with Crippen molar-refractivity contribution >= 4 is 23.2 Å². The van der Waals surface area contributed by atoms with Gasteiger partial charge in [-0.3, -0.25) is 9.59 Å². The molecule has 22 heavy (non-hydrogen) atoms. The molecular formula is C17H18N2O2S. The fraction of sp³-hybridized carbons (Fsp3) is 0.294. The Morgan fingerprint density at radius 3 is 2.86 bits per heavy atom. The van der Waals surface area contributed by atoms with Gasteiger partial charge in [-0.1, -0.05) is 30.3 Å². The standard InChI is InChI=1S/C17H18N2O2S/c20-16(9-10-18-17(21)15-6-3-11-22-15)19-14-8-7-12-4-1-2-5-13(12)14/h1-6,11,14H,7-10H2,(H,18,21)(H,19,20). The van der Waals surface area contributed by atoms with Gasteiger partial charge in [0.15, 0.2) is 0 Å². The summed E-state index contributed by atoms with van der Waals surface area (Å²) in [5.41, 5.74) is 2.54. The van der Waals surface area contributed by atoms with Gasteiger partial charge in [0.25, 0.3) is 5.91 Å². The van der Waals surface area contributed by atoms with Crippen LogP contribution in [-0.4, -0.2) is 18.4 Å². The van der Waals surface area contributed by atoms with Crippen LogP contribution >= 0.6 is 11.3 Å². The van der Waals surface area contributed by atoms with Crippen molar-refractivity contribution in [3.05, 3.63) is 57.8 Å². The average molecular weight is 314 g/mol. The molecule has 1 heterocycles. The van der Waals surface area contributed by atoms with Crippen molar-refractivity contribution in [2.45, 2.75) is 25.3 Å². The zero-order chi connectivity index (χ0) is 15.4. The third-order valence-corrected chi connectivity index (χ3v) is 4.72. The van der Waals surface area contributed by atoms with E-state index in [1.807, 2.05) is 23.6 Å². The number of hydrogen-bond acceptors (Lipinski definition) is 3. The Hall–Kier alpha value is -2.14. The first-order chi connectivity index (χ1) is 10.7. The second-order valence-corrected chi connectivity index (χ2v) is 6.29. The predicted octanol–water partition coefficient (Wildman–Crippen LogP) is 2.67. The Morgan fingerprint density at radius 1 is 1.18 bits per heavy atom. The van der Waals surface area contributed by atoms with Crippen LogP contribution in [0.1, 0.15) is 39.7 Å². The van der Waals surface area contributed by atoms with Gasteiger partial charge >= 0.3 is 0 Å². The second kappa shape index (κ2) is 6.75. The monoisotopic (exact) mass is 314 g/mol. The Labute approximate surface area is 133 Å². The minimum Gasteiger partial charge on any atom is -0.351 e. The smallest absolute Gasteiger partial charge is 0.261 e. The number of carbonyl (C=O) groups excluding carboxylic acids is 2. The normalized spacial score (nSPS) is 16.1. The van der Waals surface area contributed by atoms with Crippen LogP contribution in [0, 0.1) is 0 Å². The van der Waals surface area contributed by atoms with E-state index in [0.717, 1.165) is 12.8 Å². The van der Waals surface area contributed by atoms with Crippen molar-refractivity contribution in [2.75, 3.05) is 6.54 Å². The number of fused-ring (bicyclic) bond motifs is 1. The van der Waals surface area contributed by atoms with Crippen LogP contribution in [-0.2, 0) is 11.2 Å². The minimum absolute atomic E-state index is 0.0202. The van der Waals surface area contributed by atoms with Gasteiger partial charge in [-0.15, -0.1) is 11.3 Å². The van der Waals surface area contributed by atoms with Crippen LogP contribution in [0.5, 0.6) is 0 Å². The Balaban J connectivity index is 1.45. The summed E-state index contributed by atoms with van der Waals surface area (Å²) in [4.78, 5) is 24.5. The summed E-state index contributed by atoms with van der Waals surface area (Å²) in [5, 5.41) is 7.69. The topological polar surface area (TPSA) is 58.2 Å². The van der Waals surface area contributed by atoms with Gasteiger partial charge in [0.2, 0.25) is 5.91 Å². The number of benzene rings is 1. The van der Waals surface area contributed by atoms with E-state index in [2.05, 4.69) is 22.8 Å². The van der Waals surface area contributed by atoms with E-state index in [0.29, 0.717) is 17.8 Å². The van der Waals surface area contributed by atoms with E-state index in [-0.39, 0.29) is 17.9 Å². The molecule has 3 rings (SSSR count). The van der Waals surface area contributed by atoms with Crippen LogP contribution in [0.25, 0.3) is 0 Å². The van der Waals surface area contributed by atoms with Crippen LogP contribution in [0.3, 0.4) is 0 Å². The first-order valence-corrected chi connectivity index (χ1v) is 8.31. The molecule has 4 nitrogen and oxygen atoms in total. The Bertz CT molecular complexity index is 667. The van der Waals surface area contributed by atoms with Crippen LogP contribution in [0.4, 0.5) is 0 Å². The molecule has 5 heteroatoms. The molecule has 1 aliphatic rings. The van der Waals surface area contributed by atoms with Gasteiger partial charge in [0.1, 0.15) is 0 Å². The molecule has 0 bridgehead atoms. The van der Waals surface area contributed by atoms with E-state index in [1.165, 1.54) is 22.5 Å². The molecule has 2 N–H and O–H groups in total. The number of rotatable bonds is 5. The third kappa shape index (κ3) is 3.36. The molecule has 0 saturated heterocycles. The molecule has 0 saturated carbocycles. The maximum absolute atomic E-state index is 12.0. The molecule has 0 fully saturated rings. The molecule has 2 amide bonds. The quantitative estimate of drug-likeness (QED) is 0.891. The summed E-state index contributed by atoms with van der Waals surface area (Å²) in [6.07, 6.45) is 2.26. The molecule has 0 aliphatic heterocycles. The highest BCUT2D eigenvalue weighted by atomic mass is 32.1. The predicted molar refractivity (Wildman–Crippen MR) is 86.9 cm³/mol. The molecule has 0 radical (unpaired) electrons. The zero-order valence-corrected chi connectivity index (χ0v) is 13.0. The minimum atomic E-state index is -0.117.